The van der Waals surface area contributed by atoms with Crippen molar-refractivity contribution < 1.29 is 83.3 Å². The number of halogens is 1. The van der Waals surface area contributed by atoms with Gasteiger partial charge in [-0.15, -0.1) is 0 Å². The number of rotatable bonds is 20. The monoisotopic (exact) mass is 1190 g/mol. The summed E-state index contributed by atoms with van der Waals surface area (Å²) in [5, 5.41) is 79.4. The van der Waals surface area contributed by atoms with Gasteiger partial charge in [-0.2, -0.15) is 0 Å². The Morgan fingerprint density at radius 3 is 1.99 bits per heavy atom. The summed E-state index contributed by atoms with van der Waals surface area (Å²) in [5.41, 5.74) is 1.11. The zero-order valence-electron chi connectivity index (χ0n) is 48.4. The number of carbonyl (C=O) groups excluding carboxylic acids is 10. The Labute approximate surface area is 487 Å². The summed E-state index contributed by atoms with van der Waals surface area (Å²) in [6.07, 6.45) is -6.87. The maximum absolute atomic E-state index is 14.7. The fourth-order valence-electron chi connectivity index (χ4n) is 9.52. The SMILES string of the molecule is CC(C)C[C@@H]1NC(=O)C(NC(=O)[C@H](NC(=O)[C@H](C)NC(=O)[C@H](CCCc2ccc(O)cc2)NC(=O)[C@H](O)CO)C(C)C)[C@@H](C)OC(=O)[C@H](C(C)C)NC(=O)[C@H](Cc2ccc(O)c(Cl)c2)N(C)C(=O)C([C@H](C)O)N2C(=O)[C@H](CC[C@H]2O)NC1=O. The molecule has 0 aromatic heterocycles. The van der Waals surface area contributed by atoms with Crippen LogP contribution in [0.5, 0.6) is 11.5 Å². The molecule has 2 aliphatic rings. The van der Waals surface area contributed by atoms with Gasteiger partial charge in [0, 0.05) is 13.5 Å². The highest BCUT2D eigenvalue weighted by atomic mass is 35.5. The van der Waals surface area contributed by atoms with Gasteiger partial charge in [-0.1, -0.05) is 71.3 Å². The van der Waals surface area contributed by atoms with Crippen molar-refractivity contribution >= 4 is 70.7 Å². The molecular weight excluding hydrogens is 1110 g/mol. The number of phenols is 2. The maximum atomic E-state index is 14.7. The quantitative estimate of drug-likeness (QED) is 0.0700. The Bertz CT molecular complexity index is 2640. The average Bonchev–Trinajstić information content (AvgIpc) is 3.51. The lowest BCUT2D eigenvalue weighted by molar-refractivity contribution is -0.170. The van der Waals surface area contributed by atoms with Crippen molar-refractivity contribution in [2.24, 2.45) is 17.8 Å². The van der Waals surface area contributed by atoms with Crippen LogP contribution in [0.2, 0.25) is 5.02 Å². The van der Waals surface area contributed by atoms with Gasteiger partial charge >= 0.3 is 5.97 Å². The summed E-state index contributed by atoms with van der Waals surface area (Å²) in [7, 11) is 1.21. The lowest BCUT2D eigenvalue weighted by Crippen LogP contribution is -2.67. The molecular formula is C56H82ClN9O17. The first kappa shape index (κ1) is 68.4. The number of hydrogen-bond donors (Lipinski definition) is 13. The highest BCUT2D eigenvalue weighted by Gasteiger charge is 2.47. The van der Waals surface area contributed by atoms with E-state index in [4.69, 9.17) is 16.3 Å². The third-order valence-corrected chi connectivity index (χ3v) is 14.7. The number of nitrogens with one attached hydrogen (secondary N) is 7. The minimum absolute atomic E-state index is 0.000413. The molecule has 0 radical (unpaired) electrons. The molecule has 9 amide bonds. The van der Waals surface area contributed by atoms with Crippen molar-refractivity contribution in [3.8, 4) is 11.5 Å². The lowest BCUT2D eigenvalue weighted by Gasteiger charge is -2.43. The highest BCUT2D eigenvalue weighted by Crippen LogP contribution is 2.28. The third kappa shape index (κ3) is 18.9. The normalized spacial score (nSPS) is 24.2. The van der Waals surface area contributed by atoms with Crippen LogP contribution in [0, 0.1) is 17.8 Å². The molecule has 460 valence electrons. The molecule has 2 aliphatic heterocycles. The first-order valence-corrected chi connectivity index (χ1v) is 28.1. The first-order valence-electron chi connectivity index (χ1n) is 27.7. The summed E-state index contributed by atoms with van der Waals surface area (Å²) in [4.78, 5) is 144. The number of nitrogens with zero attached hydrogens (tertiary/aromatic N) is 2. The van der Waals surface area contributed by atoms with Gasteiger partial charge in [0.2, 0.25) is 47.3 Å². The summed E-state index contributed by atoms with van der Waals surface area (Å²) < 4.78 is 5.89. The number of hydrogen-bond acceptors (Lipinski definition) is 17. The number of esters is 1. The van der Waals surface area contributed by atoms with Crippen LogP contribution in [0.25, 0.3) is 0 Å². The van der Waals surface area contributed by atoms with Crippen LogP contribution in [0.15, 0.2) is 42.5 Å². The number of benzene rings is 2. The third-order valence-electron chi connectivity index (χ3n) is 14.4. The molecule has 0 spiro atoms. The van der Waals surface area contributed by atoms with Crippen molar-refractivity contribution in [1.82, 2.24) is 47.0 Å². The zero-order valence-corrected chi connectivity index (χ0v) is 49.1. The zero-order chi connectivity index (χ0) is 62.3. The van der Waals surface area contributed by atoms with E-state index in [1.807, 2.05) is 0 Å². The predicted molar refractivity (Wildman–Crippen MR) is 299 cm³/mol. The Balaban J connectivity index is 1.72. The molecule has 4 rings (SSSR count). The summed E-state index contributed by atoms with van der Waals surface area (Å²) in [6.45, 7) is 12.5. The van der Waals surface area contributed by atoms with E-state index >= 15 is 0 Å². The lowest BCUT2D eigenvalue weighted by atomic mass is 9.96. The number of fused-ring (bicyclic) bond motifs is 2. The van der Waals surface area contributed by atoms with E-state index in [2.05, 4.69) is 37.2 Å². The first-order chi connectivity index (χ1) is 38.9. The Kier molecular flexibility index (Phi) is 25.5. The summed E-state index contributed by atoms with van der Waals surface area (Å²) in [5.74, 6) is -12.0. The number of carbonyl (C=O) groups is 10. The Hall–Kier alpha value is -7.13. The van der Waals surface area contributed by atoms with Crippen LogP contribution in [-0.4, -0.2) is 192 Å². The molecule has 26 nitrogen and oxygen atoms in total. The Morgan fingerprint density at radius 2 is 1.41 bits per heavy atom. The number of amides is 9. The van der Waals surface area contributed by atoms with E-state index in [1.165, 1.54) is 58.2 Å². The van der Waals surface area contributed by atoms with E-state index in [-0.39, 0.29) is 54.5 Å². The van der Waals surface area contributed by atoms with Crippen LogP contribution in [-0.2, 0) is 65.5 Å². The molecule has 13 N–H and O–H groups in total. The van der Waals surface area contributed by atoms with E-state index in [0.717, 1.165) is 15.4 Å². The van der Waals surface area contributed by atoms with Crippen molar-refractivity contribution in [2.45, 2.75) is 186 Å². The van der Waals surface area contributed by atoms with Crippen molar-refractivity contribution in [3.05, 3.63) is 58.6 Å². The fourth-order valence-corrected chi connectivity index (χ4v) is 9.72. The second-order valence-corrected chi connectivity index (χ2v) is 22.7. The minimum atomic E-state index is -1.86. The molecule has 2 aromatic rings. The van der Waals surface area contributed by atoms with Crippen LogP contribution >= 0.6 is 11.6 Å². The maximum Gasteiger partial charge on any atom is 0.329 e. The van der Waals surface area contributed by atoms with Gasteiger partial charge in [-0.25, -0.2) is 4.79 Å². The number of piperidine rings is 1. The van der Waals surface area contributed by atoms with E-state index in [0.29, 0.717) is 18.4 Å². The number of aromatic hydroxyl groups is 2. The molecule has 2 fully saturated rings. The van der Waals surface area contributed by atoms with Gasteiger partial charge < -0.3 is 82.4 Å². The molecule has 0 saturated carbocycles. The molecule has 13 atom stereocenters. The predicted octanol–water partition coefficient (Wildman–Crippen LogP) is -1.10. The number of aryl methyl sites for hydroxylation is 1. The number of cyclic esters (lactones) is 1. The van der Waals surface area contributed by atoms with Crippen LogP contribution in [0.3, 0.4) is 0 Å². The number of aliphatic hydroxyl groups excluding tert-OH is 4. The van der Waals surface area contributed by atoms with Crippen molar-refractivity contribution in [3.63, 3.8) is 0 Å². The topological polar surface area (TPSA) is 392 Å². The fraction of sp³-hybridized carbons (Fsp3) is 0.607. The standard InChI is InChI=1S/C56H82ClN9O17/c1-26(2)22-38-49(75)60-37-19-21-42(72)66(54(37)80)46(30(8)68)55(81)65(10)39(24-33-16-20-40(70)35(57)23-33)50(76)63-44(28(5)6)56(82)83-31(9)45(53(79)61-38)64-52(78)43(27(3)4)62-47(73)29(7)58-48(74)36(59-51(77)41(71)25-67)13-11-12-32-14-17-34(69)18-15-32/h14-18,20,23,26-31,36-39,41-46,67-72H,11-13,19,21-22,24-25H2,1-10H3,(H,58,74)(H,59,77)(H,60,75)(H,61,79)(H,62,73)(H,63,76)(H,64,78)/t29-,30-,31+,36-,37-,38-,39-,41+,42+,43+,44-,45?,46?/m0/s1. The van der Waals surface area contributed by atoms with Crippen LogP contribution in [0.1, 0.15) is 106 Å². The minimum Gasteiger partial charge on any atom is -0.508 e. The van der Waals surface area contributed by atoms with Crippen LogP contribution < -0.4 is 37.2 Å². The molecule has 27 heteroatoms. The molecule has 2 saturated heterocycles. The smallest absolute Gasteiger partial charge is 0.329 e. The summed E-state index contributed by atoms with van der Waals surface area (Å²) >= 11 is 6.23. The second-order valence-electron chi connectivity index (χ2n) is 22.3. The van der Waals surface area contributed by atoms with Gasteiger partial charge in [0.1, 0.15) is 78.2 Å². The second kappa shape index (κ2) is 31.0. The van der Waals surface area contributed by atoms with Gasteiger partial charge in [-0.05, 0) is 112 Å². The van der Waals surface area contributed by atoms with E-state index in [1.54, 1.807) is 53.7 Å². The van der Waals surface area contributed by atoms with Gasteiger partial charge in [0.15, 0.2) is 6.10 Å². The molecule has 83 heavy (non-hydrogen) atoms. The molecule has 2 bridgehead atoms. The van der Waals surface area contributed by atoms with Crippen molar-refractivity contribution in [2.75, 3.05) is 13.7 Å². The van der Waals surface area contributed by atoms with E-state index < -0.39 is 156 Å². The van der Waals surface area contributed by atoms with E-state index in [9.17, 15) is 78.6 Å². The summed E-state index contributed by atoms with van der Waals surface area (Å²) in [6, 6.07) is -3.56. The number of likely N-dealkylation sites (N-methyl/N-ethyl adjacent to an activating group) is 1. The van der Waals surface area contributed by atoms with Gasteiger partial charge in [0.25, 0.3) is 5.91 Å². The molecule has 2 heterocycles. The molecule has 2 aromatic carbocycles. The molecule has 2 unspecified atom stereocenters. The largest absolute Gasteiger partial charge is 0.508 e. The number of phenolic OH excluding ortho intramolecular Hbond substituents is 2. The Morgan fingerprint density at radius 1 is 0.771 bits per heavy atom. The average molecular weight is 1190 g/mol. The number of ether oxygens (including phenoxy) is 1. The van der Waals surface area contributed by atoms with Crippen LogP contribution in [0.4, 0.5) is 0 Å². The van der Waals surface area contributed by atoms with Gasteiger partial charge in [0.05, 0.1) is 17.7 Å². The molecule has 0 aliphatic carbocycles. The van der Waals surface area contributed by atoms with Crippen molar-refractivity contribution in [1.29, 1.82) is 0 Å². The highest BCUT2D eigenvalue weighted by molar-refractivity contribution is 6.32. The van der Waals surface area contributed by atoms with Gasteiger partial charge in [-0.3, -0.25) is 43.2 Å². The number of aliphatic hydroxyl groups is 4.